The first-order chi connectivity index (χ1) is 14.2. The molecule has 9 nitrogen and oxygen atoms in total. The highest BCUT2D eigenvalue weighted by atomic mass is 16.5. The predicted octanol–water partition coefficient (Wildman–Crippen LogP) is 2.88. The van der Waals surface area contributed by atoms with Crippen LogP contribution in [0, 0.1) is 6.92 Å². The van der Waals surface area contributed by atoms with E-state index in [1.54, 1.807) is 30.2 Å². The van der Waals surface area contributed by atoms with E-state index in [0.717, 1.165) is 45.0 Å². The minimum absolute atomic E-state index is 0.671. The summed E-state index contributed by atoms with van der Waals surface area (Å²) in [7, 11) is 3.45. The SMILES string of the molecule is CNc1cc(OC)c(-n2nc(C)c3cnc(-c4cnn5cccnc45)cc32)cn1. The summed E-state index contributed by atoms with van der Waals surface area (Å²) in [5.41, 5.74) is 4.90. The lowest BCUT2D eigenvalue weighted by atomic mass is 10.1. The first kappa shape index (κ1) is 17.1. The fourth-order valence-corrected chi connectivity index (χ4v) is 3.38. The summed E-state index contributed by atoms with van der Waals surface area (Å²) in [6, 6.07) is 5.68. The van der Waals surface area contributed by atoms with Crippen LogP contribution in [0.2, 0.25) is 0 Å². The van der Waals surface area contributed by atoms with E-state index in [9.17, 15) is 0 Å². The van der Waals surface area contributed by atoms with E-state index in [1.165, 1.54) is 0 Å². The van der Waals surface area contributed by atoms with Crippen LogP contribution in [0.25, 0.3) is 33.5 Å². The molecule has 0 aromatic carbocycles. The average molecular weight is 386 g/mol. The van der Waals surface area contributed by atoms with Gasteiger partial charge in [-0.3, -0.25) is 4.98 Å². The highest BCUT2D eigenvalue weighted by Gasteiger charge is 2.17. The van der Waals surface area contributed by atoms with Crippen molar-refractivity contribution in [1.29, 1.82) is 0 Å². The molecule has 1 N–H and O–H groups in total. The summed E-state index contributed by atoms with van der Waals surface area (Å²) >= 11 is 0. The van der Waals surface area contributed by atoms with Crippen LogP contribution < -0.4 is 10.1 Å². The smallest absolute Gasteiger partial charge is 0.164 e. The zero-order valence-corrected chi connectivity index (χ0v) is 16.2. The molecule has 0 fully saturated rings. The highest BCUT2D eigenvalue weighted by Crippen LogP contribution is 2.31. The lowest BCUT2D eigenvalue weighted by Crippen LogP contribution is -2.03. The van der Waals surface area contributed by atoms with Crippen LogP contribution in [-0.4, -0.2) is 48.5 Å². The maximum atomic E-state index is 5.58. The Kier molecular flexibility index (Phi) is 3.87. The van der Waals surface area contributed by atoms with Crippen molar-refractivity contribution in [3.63, 3.8) is 0 Å². The molecule has 5 heterocycles. The molecule has 0 aliphatic rings. The van der Waals surface area contributed by atoms with Gasteiger partial charge in [-0.05, 0) is 19.1 Å². The van der Waals surface area contributed by atoms with Gasteiger partial charge in [0.05, 0.1) is 42.0 Å². The monoisotopic (exact) mass is 386 g/mol. The zero-order chi connectivity index (χ0) is 20.0. The van der Waals surface area contributed by atoms with Gasteiger partial charge in [-0.2, -0.15) is 10.2 Å². The normalized spacial score (nSPS) is 11.3. The fraction of sp³-hybridized carbons (Fsp3) is 0.150. The highest BCUT2D eigenvalue weighted by molar-refractivity contribution is 5.88. The first-order valence-corrected chi connectivity index (χ1v) is 9.06. The van der Waals surface area contributed by atoms with Crippen LogP contribution in [0.3, 0.4) is 0 Å². The number of nitrogens with zero attached hydrogens (tertiary/aromatic N) is 7. The largest absolute Gasteiger partial charge is 0.494 e. The van der Waals surface area contributed by atoms with Gasteiger partial charge < -0.3 is 10.1 Å². The third-order valence-corrected chi connectivity index (χ3v) is 4.86. The molecule has 0 spiro atoms. The molecule has 9 heteroatoms. The Hall–Kier alpha value is -4.01. The molecule has 0 atom stereocenters. The first-order valence-electron chi connectivity index (χ1n) is 9.06. The van der Waals surface area contributed by atoms with E-state index in [0.29, 0.717) is 5.75 Å². The Labute approximate surface area is 166 Å². The predicted molar refractivity (Wildman–Crippen MR) is 109 cm³/mol. The van der Waals surface area contributed by atoms with Crippen LogP contribution in [0.5, 0.6) is 5.75 Å². The number of rotatable bonds is 4. The van der Waals surface area contributed by atoms with E-state index in [-0.39, 0.29) is 0 Å². The molecule has 0 saturated carbocycles. The summed E-state index contributed by atoms with van der Waals surface area (Å²) in [6.07, 6.45) is 8.95. The Morgan fingerprint density at radius 3 is 2.79 bits per heavy atom. The summed E-state index contributed by atoms with van der Waals surface area (Å²) in [5, 5.41) is 13.0. The summed E-state index contributed by atoms with van der Waals surface area (Å²) in [5.74, 6) is 1.39. The number of aromatic nitrogens is 7. The van der Waals surface area contributed by atoms with E-state index in [1.807, 2.05) is 49.2 Å². The standard InChI is InChI=1S/C20H18N8O/c1-12-13-9-23-15(14-10-25-27-6-4-5-22-20(14)27)7-16(13)28(26-12)17-11-24-19(21-2)8-18(17)29-3/h4-11H,1-3H3,(H,21,24). The molecule has 5 aromatic rings. The van der Waals surface area contributed by atoms with Gasteiger partial charge in [-0.1, -0.05) is 0 Å². The molecule has 5 rings (SSSR count). The molecule has 0 amide bonds. The third kappa shape index (κ3) is 2.66. The second-order valence-corrected chi connectivity index (χ2v) is 6.52. The van der Waals surface area contributed by atoms with Gasteiger partial charge in [-0.15, -0.1) is 0 Å². The van der Waals surface area contributed by atoms with E-state index < -0.39 is 0 Å². The van der Waals surface area contributed by atoms with E-state index in [2.05, 4.69) is 25.4 Å². The van der Waals surface area contributed by atoms with Gasteiger partial charge >= 0.3 is 0 Å². The molecule has 29 heavy (non-hydrogen) atoms. The van der Waals surface area contributed by atoms with Gasteiger partial charge in [0.25, 0.3) is 0 Å². The van der Waals surface area contributed by atoms with Crippen molar-refractivity contribution in [3.05, 3.63) is 54.9 Å². The van der Waals surface area contributed by atoms with Crippen molar-refractivity contribution in [2.45, 2.75) is 6.92 Å². The minimum atomic E-state index is 0.671. The molecule has 0 saturated heterocycles. The number of pyridine rings is 2. The molecule has 0 bridgehead atoms. The van der Waals surface area contributed by atoms with Crippen molar-refractivity contribution in [1.82, 2.24) is 34.3 Å². The van der Waals surface area contributed by atoms with E-state index >= 15 is 0 Å². The number of aryl methyl sites for hydroxylation is 1. The Bertz CT molecular complexity index is 1350. The zero-order valence-electron chi connectivity index (χ0n) is 16.2. The molecule has 0 unspecified atom stereocenters. The summed E-state index contributed by atoms with van der Waals surface area (Å²) in [6.45, 7) is 1.96. The van der Waals surface area contributed by atoms with Gasteiger partial charge in [0.2, 0.25) is 0 Å². The third-order valence-electron chi connectivity index (χ3n) is 4.86. The maximum absolute atomic E-state index is 5.58. The van der Waals surface area contributed by atoms with Crippen molar-refractivity contribution < 1.29 is 4.74 Å². The second kappa shape index (κ2) is 6.55. The Morgan fingerprint density at radius 2 is 1.97 bits per heavy atom. The Morgan fingerprint density at radius 1 is 1.07 bits per heavy atom. The van der Waals surface area contributed by atoms with Gasteiger partial charge in [0.1, 0.15) is 17.3 Å². The Balaban J connectivity index is 1.73. The summed E-state index contributed by atoms with van der Waals surface area (Å²) in [4.78, 5) is 13.5. The lowest BCUT2D eigenvalue weighted by Gasteiger charge is -2.11. The van der Waals surface area contributed by atoms with Crippen molar-refractivity contribution in [3.8, 4) is 22.7 Å². The van der Waals surface area contributed by atoms with Gasteiger partial charge in [-0.25, -0.2) is 19.2 Å². The topological polar surface area (TPSA) is 95.0 Å². The van der Waals surface area contributed by atoms with Crippen LogP contribution >= 0.6 is 0 Å². The molecule has 0 aliphatic carbocycles. The van der Waals surface area contributed by atoms with Crippen molar-refractivity contribution in [2.24, 2.45) is 0 Å². The fourth-order valence-electron chi connectivity index (χ4n) is 3.38. The average Bonchev–Trinajstić information content (AvgIpc) is 3.34. The molecule has 0 aliphatic heterocycles. The maximum Gasteiger partial charge on any atom is 0.164 e. The molecular weight excluding hydrogens is 368 g/mol. The number of methoxy groups -OCH3 is 1. The lowest BCUT2D eigenvalue weighted by molar-refractivity contribution is 0.411. The summed E-state index contributed by atoms with van der Waals surface area (Å²) < 4.78 is 9.14. The number of anilines is 1. The van der Waals surface area contributed by atoms with Crippen LogP contribution in [0.15, 0.2) is 49.2 Å². The number of ether oxygens (including phenoxy) is 1. The van der Waals surface area contributed by atoms with Crippen molar-refractivity contribution >= 4 is 22.4 Å². The van der Waals surface area contributed by atoms with E-state index in [4.69, 9.17) is 9.84 Å². The molecule has 144 valence electrons. The second-order valence-electron chi connectivity index (χ2n) is 6.52. The van der Waals surface area contributed by atoms with Crippen LogP contribution in [0.1, 0.15) is 5.69 Å². The number of hydrogen-bond donors (Lipinski definition) is 1. The van der Waals surface area contributed by atoms with Crippen LogP contribution in [-0.2, 0) is 0 Å². The molecular formula is C20H18N8O. The van der Waals surface area contributed by atoms with Gasteiger partial charge in [0.15, 0.2) is 5.65 Å². The van der Waals surface area contributed by atoms with Crippen LogP contribution in [0.4, 0.5) is 5.82 Å². The molecule has 5 aromatic heterocycles. The number of nitrogens with one attached hydrogen (secondary N) is 1. The van der Waals surface area contributed by atoms with Crippen molar-refractivity contribution in [2.75, 3.05) is 19.5 Å². The number of fused-ring (bicyclic) bond motifs is 2. The quantitative estimate of drug-likeness (QED) is 0.507. The minimum Gasteiger partial charge on any atom is -0.494 e. The molecule has 0 radical (unpaired) electrons. The van der Waals surface area contributed by atoms with Gasteiger partial charge in [0, 0.05) is 37.1 Å². The number of hydrogen-bond acceptors (Lipinski definition) is 7.